The van der Waals surface area contributed by atoms with E-state index in [9.17, 15) is 14.4 Å². The molecule has 0 aromatic carbocycles. The van der Waals surface area contributed by atoms with Gasteiger partial charge < -0.3 is 14.2 Å². The van der Waals surface area contributed by atoms with Gasteiger partial charge in [-0.2, -0.15) is 0 Å². The quantitative estimate of drug-likeness (QED) is 0.0262. The van der Waals surface area contributed by atoms with Gasteiger partial charge in [0.25, 0.3) is 0 Å². The molecule has 0 rings (SSSR count). The zero-order chi connectivity index (χ0) is 49.3. The lowest BCUT2D eigenvalue weighted by Crippen LogP contribution is -2.30. The minimum Gasteiger partial charge on any atom is -0.462 e. The minimum atomic E-state index is -0.818. The number of allylic oxidation sites excluding steroid dienone is 16. The lowest BCUT2D eigenvalue weighted by atomic mass is 10.1. The van der Waals surface area contributed by atoms with E-state index in [0.29, 0.717) is 19.3 Å². The summed E-state index contributed by atoms with van der Waals surface area (Å²) in [5, 5.41) is 0. The fraction of sp³-hybridized carbons (Fsp3) is 0.694. The van der Waals surface area contributed by atoms with Crippen LogP contribution in [0.3, 0.4) is 0 Å². The summed E-state index contributed by atoms with van der Waals surface area (Å²) < 4.78 is 16.7. The van der Waals surface area contributed by atoms with Crippen molar-refractivity contribution < 1.29 is 28.6 Å². The maximum Gasteiger partial charge on any atom is 0.306 e. The van der Waals surface area contributed by atoms with Gasteiger partial charge in [-0.25, -0.2) is 0 Å². The molecule has 0 aromatic rings. The van der Waals surface area contributed by atoms with E-state index in [4.69, 9.17) is 14.2 Å². The van der Waals surface area contributed by atoms with Gasteiger partial charge in [-0.3, -0.25) is 14.4 Å². The van der Waals surface area contributed by atoms with Crippen molar-refractivity contribution in [1.82, 2.24) is 0 Å². The van der Waals surface area contributed by atoms with E-state index in [2.05, 4.69) is 112 Å². The predicted molar refractivity (Wildman–Crippen MR) is 293 cm³/mol. The zero-order valence-electron chi connectivity index (χ0n) is 44.3. The second kappa shape index (κ2) is 55.9. The van der Waals surface area contributed by atoms with E-state index < -0.39 is 12.1 Å². The lowest BCUT2D eigenvalue weighted by Gasteiger charge is -2.18. The van der Waals surface area contributed by atoms with Crippen LogP contribution in [0.15, 0.2) is 97.2 Å². The highest BCUT2D eigenvalue weighted by Gasteiger charge is 2.19. The number of ether oxygens (including phenoxy) is 3. The largest absolute Gasteiger partial charge is 0.462 e. The van der Waals surface area contributed by atoms with Crippen molar-refractivity contribution in [2.24, 2.45) is 0 Å². The van der Waals surface area contributed by atoms with E-state index in [1.807, 2.05) is 6.08 Å². The first-order chi connectivity index (χ1) is 33.5. The predicted octanol–water partition coefficient (Wildman–Crippen LogP) is 18.9. The van der Waals surface area contributed by atoms with Crippen molar-refractivity contribution in [3.63, 3.8) is 0 Å². The summed E-state index contributed by atoms with van der Waals surface area (Å²) in [6.45, 7) is 6.44. The number of carbonyl (C=O) groups is 3. The molecule has 0 N–H and O–H groups in total. The first kappa shape index (κ1) is 64.3. The normalized spacial score (nSPS) is 12.8. The Morgan fingerprint density at radius 1 is 0.309 bits per heavy atom. The second-order valence-corrected chi connectivity index (χ2v) is 18.5. The van der Waals surface area contributed by atoms with Crippen LogP contribution in [0.2, 0.25) is 0 Å². The lowest BCUT2D eigenvalue weighted by molar-refractivity contribution is -0.166. The molecule has 0 spiro atoms. The topological polar surface area (TPSA) is 78.9 Å². The number of unbranched alkanes of at least 4 members (excludes halogenated alkanes) is 23. The summed E-state index contributed by atoms with van der Waals surface area (Å²) in [6, 6.07) is 0. The van der Waals surface area contributed by atoms with Crippen LogP contribution in [-0.4, -0.2) is 37.2 Å². The van der Waals surface area contributed by atoms with E-state index in [1.54, 1.807) is 0 Å². The van der Waals surface area contributed by atoms with E-state index in [-0.39, 0.29) is 31.6 Å². The molecule has 0 amide bonds. The average molecular weight is 946 g/mol. The highest BCUT2D eigenvalue weighted by atomic mass is 16.6. The van der Waals surface area contributed by atoms with Crippen LogP contribution in [-0.2, 0) is 28.6 Å². The van der Waals surface area contributed by atoms with Gasteiger partial charge in [-0.1, -0.05) is 246 Å². The molecule has 1 unspecified atom stereocenters. The van der Waals surface area contributed by atoms with Crippen LogP contribution in [0.5, 0.6) is 0 Å². The number of esters is 3. The highest BCUT2D eigenvalue weighted by Crippen LogP contribution is 2.14. The van der Waals surface area contributed by atoms with E-state index in [0.717, 1.165) is 83.5 Å². The fourth-order valence-electron chi connectivity index (χ4n) is 7.62. The van der Waals surface area contributed by atoms with Crippen LogP contribution in [0.25, 0.3) is 0 Å². The van der Waals surface area contributed by atoms with Crippen LogP contribution in [0.1, 0.15) is 258 Å². The van der Waals surface area contributed by atoms with E-state index >= 15 is 0 Å². The molecule has 0 radical (unpaired) electrons. The van der Waals surface area contributed by atoms with Crippen molar-refractivity contribution in [2.75, 3.05) is 13.2 Å². The molecule has 0 aliphatic carbocycles. The fourth-order valence-corrected chi connectivity index (χ4v) is 7.62. The molecule has 0 saturated heterocycles. The van der Waals surface area contributed by atoms with Gasteiger partial charge in [0.05, 0.1) is 0 Å². The van der Waals surface area contributed by atoms with Crippen molar-refractivity contribution >= 4 is 17.9 Å². The van der Waals surface area contributed by atoms with Gasteiger partial charge in [0, 0.05) is 19.3 Å². The zero-order valence-corrected chi connectivity index (χ0v) is 44.3. The molecular weight excluding hydrogens is 841 g/mol. The molecule has 6 heteroatoms. The van der Waals surface area contributed by atoms with Gasteiger partial charge in [-0.05, 0) is 89.9 Å². The standard InChI is InChI=1S/C62H104O6/c1-4-7-10-13-16-19-22-24-26-28-30-31-33-34-36-38-40-43-46-49-52-55-61(64)67-58-59(57-66-60(63)54-51-48-45-42-21-18-15-12-9-6-3)68-62(65)56-53-50-47-44-41-39-37-35-32-29-27-25-23-20-17-14-11-8-5-2/h8,11,17,20,22,24-25,27-28,30,32,35,39,41,47,50,59H,4-7,9-10,12-16,18-19,21,23,26,29,31,33-34,36-38,40,42-46,48-49,51-58H2,1-3H3/b11-8-,20-17-,24-22-,27-25-,30-28-,35-32-,41-39-,50-47-. The smallest absolute Gasteiger partial charge is 0.306 e. The maximum absolute atomic E-state index is 12.8. The highest BCUT2D eigenvalue weighted by molar-refractivity contribution is 5.71. The molecule has 68 heavy (non-hydrogen) atoms. The Morgan fingerprint density at radius 3 is 0.956 bits per heavy atom. The van der Waals surface area contributed by atoms with Crippen molar-refractivity contribution in [2.45, 2.75) is 264 Å². The summed E-state index contributed by atoms with van der Waals surface area (Å²) in [5.41, 5.74) is 0. The molecular formula is C62H104O6. The summed E-state index contributed by atoms with van der Waals surface area (Å²) in [5.74, 6) is -0.997. The SMILES string of the molecule is CC/C=C\C/C=C\C/C=C\C/C=C\C/C=C\C/C=C\CCC(=O)OC(COC(=O)CCCCCCCCCCCC)COC(=O)CCCCCCCCCCC/C=C\C/C=C\CCCCCCC. The van der Waals surface area contributed by atoms with Gasteiger partial charge in [0.2, 0.25) is 0 Å². The molecule has 0 aromatic heterocycles. The minimum absolute atomic E-state index is 0.108. The van der Waals surface area contributed by atoms with Gasteiger partial charge in [-0.15, -0.1) is 0 Å². The molecule has 6 nitrogen and oxygen atoms in total. The van der Waals surface area contributed by atoms with Crippen LogP contribution in [0, 0.1) is 0 Å². The maximum atomic E-state index is 12.8. The summed E-state index contributed by atoms with van der Waals surface area (Å²) >= 11 is 0. The monoisotopic (exact) mass is 945 g/mol. The molecule has 0 heterocycles. The summed E-state index contributed by atoms with van der Waals surface area (Å²) in [4.78, 5) is 38.0. The number of rotatable bonds is 50. The van der Waals surface area contributed by atoms with Crippen LogP contribution in [0.4, 0.5) is 0 Å². The van der Waals surface area contributed by atoms with Gasteiger partial charge >= 0.3 is 17.9 Å². The van der Waals surface area contributed by atoms with E-state index in [1.165, 1.54) is 128 Å². The Bertz CT molecular complexity index is 1360. The average Bonchev–Trinajstić information content (AvgIpc) is 3.34. The van der Waals surface area contributed by atoms with Crippen molar-refractivity contribution in [1.29, 1.82) is 0 Å². The Morgan fingerprint density at radius 2 is 0.603 bits per heavy atom. The van der Waals surface area contributed by atoms with Crippen molar-refractivity contribution in [3.05, 3.63) is 97.2 Å². The first-order valence-corrected chi connectivity index (χ1v) is 28.2. The number of hydrogen-bond donors (Lipinski definition) is 0. The Hall–Kier alpha value is -3.67. The van der Waals surface area contributed by atoms with Gasteiger partial charge in [0.1, 0.15) is 13.2 Å². The Balaban J connectivity index is 4.43. The third-order valence-electron chi connectivity index (χ3n) is 11.8. The molecule has 388 valence electrons. The second-order valence-electron chi connectivity index (χ2n) is 18.5. The summed E-state index contributed by atoms with van der Waals surface area (Å²) in [6.07, 6.45) is 74.1. The van der Waals surface area contributed by atoms with Crippen LogP contribution >= 0.6 is 0 Å². The molecule has 0 fully saturated rings. The molecule has 0 aliphatic heterocycles. The summed E-state index contributed by atoms with van der Waals surface area (Å²) in [7, 11) is 0. The molecule has 0 aliphatic rings. The number of carbonyl (C=O) groups excluding carboxylic acids is 3. The molecule has 1 atom stereocenters. The first-order valence-electron chi connectivity index (χ1n) is 28.2. The Labute approximate surface area is 419 Å². The third-order valence-corrected chi connectivity index (χ3v) is 11.8. The molecule has 0 saturated carbocycles. The molecule has 0 bridgehead atoms. The van der Waals surface area contributed by atoms with Gasteiger partial charge in [0.15, 0.2) is 6.10 Å². The van der Waals surface area contributed by atoms with Crippen LogP contribution < -0.4 is 0 Å². The van der Waals surface area contributed by atoms with Crippen molar-refractivity contribution in [3.8, 4) is 0 Å². The number of hydrogen-bond acceptors (Lipinski definition) is 6. The third kappa shape index (κ3) is 53.3. The Kier molecular flexibility index (Phi) is 52.9.